The average molecular weight is 520 g/mol. The van der Waals surface area contributed by atoms with E-state index in [1.807, 2.05) is 12.1 Å². The molecule has 35 heavy (non-hydrogen) atoms. The summed E-state index contributed by atoms with van der Waals surface area (Å²) in [6, 6.07) is 25.5. The summed E-state index contributed by atoms with van der Waals surface area (Å²) >= 11 is 0. The van der Waals surface area contributed by atoms with Crippen molar-refractivity contribution in [2.75, 3.05) is 0 Å². The molecule has 0 unspecified atom stereocenters. The van der Waals surface area contributed by atoms with Gasteiger partial charge in [-0.2, -0.15) is 0 Å². The van der Waals surface area contributed by atoms with Crippen molar-refractivity contribution in [3.63, 3.8) is 0 Å². The van der Waals surface area contributed by atoms with Crippen LogP contribution in [-0.4, -0.2) is 32.1 Å². The molecule has 4 aromatic rings. The summed E-state index contributed by atoms with van der Waals surface area (Å²) in [7, 11) is 0. The maximum absolute atomic E-state index is 11.7. The van der Waals surface area contributed by atoms with Gasteiger partial charge >= 0.3 is 17.1 Å². The zero-order valence-corrected chi connectivity index (χ0v) is 19.0. The first-order chi connectivity index (χ1) is 16.4. The van der Waals surface area contributed by atoms with E-state index in [4.69, 9.17) is 20.6 Å². The Kier molecular flexibility index (Phi) is 9.71. The van der Waals surface area contributed by atoms with Gasteiger partial charge in [0.05, 0.1) is 0 Å². The molecule has 0 saturated heterocycles. The van der Waals surface area contributed by atoms with Gasteiger partial charge in [0.15, 0.2) is 0 Å². The van der Waals surface area contributed by atoms with E-state index in [1.165, 1.54) is 24.3 Å². The van der Waals surface area contributed by atoms with Crippen LogP contribution < -0.4 is 10.2 Å². The standard InChI is InChI=1S/2C13H11NO3.Cu/c2*15-10-6-7-11(12(16)8-10)13(14-17)9-4-2-1-3-5-9;/h2*1-8,15-17H;/q;;+2/p-2/b2*14-13+;. The van der Waals surface area contributed by atoms with Gasteiger partial charge in [-0.25, -0.2) is 0 Å². The van der Waals surface area contributed by atoms with Crippen LogP contribution in [0.4, 0.5) is 0 Å². The Balaban J connectivity index is 0.000000240. The van der Waals surface area contributed by atoms with E-state index < -0.39 is 0 Å². The van der Waals surface area contributed by atoms with Crippen molar-refractivity contribution in [2.24, 2.45) is 10.3 Å². The molecule has 181 valence electrons. The molecule has 0 atom stereocenters. The number of phenols is 2. The van der Waals surface area contributed by atoms with Gasteiger partial charge in [0.1, 0.15) is 22.9 Å². The van der Waals surface area contributed by atoms with Crippen LogP contribution >= 0.6 is 0 Å². The summed E-state index contributed by atoms with van der Waals surface area (Å²) in [4.78, 5) is 0. The summed E-state index contributed by atoms with van der Waals surface area (Å²) in [6.45, 7) is 0. The van der Waals surface area contributed by atoms with E-state index in [1.54, 1.807) is 48.5 Å². The molecule has 0 aromatic heterocycles. The minimum Gasteiger partial charge on any atom is -0.872 e. The van der Waals surface area contributed by atoms with Crippen LogP contribution in [0.15, 0.2) is 107 Å². The Morgan fingerprint density at radius 2 is 0.886 bits per heavy atom. The van der Waals surface area contributed by atoms with E-state index in [-0.39, 0.29) is 62.6 Å². The molecule has 0 spiro atoms. The normalized spacial score (nSPS) is 11.1. The van der Waals surface area contributed by atoms with Crippen LogP contribution in [0.3, 0.4) is 0 Å². The fraction of sp³-hybridized carbons (Fsp3) is 0. The van der Waals surface area contributed by atoms with Crippen LogP contribution in [0, 0.1) is 0 Å². The molecule has 1 radical (unpaired) electrons. The third kappa shape index (κ3) is 6.77. The number of oxime groups is 2. The minimum absolute atomic E-state index is 0. The van der Waals surface area contributed by atoms with Gasteiger partial charge in [0, 0.05) is 11.1 Å². The van der Waals surface area contributed by atoms with Crippen molar-refractivity contribution >= 4 is 11.4 Å². The zero-order chi connectivity index (χ0) is 24.5. The molecule has 4 rings (SSSR count). The fourth-order valence-corrected chi connectivity index (χ4v) is 3.14. The monoisotopic (exact) mass is 519 g/mol. The van der Waals surface area contributed by atoms with Gasteiger partial charge in [0.2, 0.25) is 0 Å². The number of rotatable bonds is 4. The Morgan fingerprint density at radius 3 is 1.17 bits per heavy atom. The van der Waals surface area contributed by atoms with Crippen LogP contribution in [0.5, 0.6) is 23.0 Å². The van der Waals surface area contributed by atoms with E-state index in [2.05, 4.69) is 10.3 Å². The number of benzene rings is 4. The fourth-order valence-electron chi connectivity index (χ4n) is 3.14. The van der Waals surface area contributed by atoms with Gasteiger partial charge in [-0.1, -0.05) is 82.5 Å². The minimum atomic E-state index is -0.387. The second-order valence-corrected chi connectivity index (χ2v) is 6.99. The molecule has 0 aliphatic carbocycles. The van der Waals surface area contributed by atoms with Gasteiger partial charge in [-0.15, -0.1) is 0 Å². The first-order valence-corrected chi connectivity index (χ1v) is 10.0. The number of phenolic OH excluding ortho intramolecular Hbond substituents is 2. The maximum atomic E-state index is 11.7. The SMILES string of the molecule is [Cu+2].[O-]c1cc(O)ccc1/C(=N/O)c1ccccc1.[O-]c1cc(O)ccc1/C(=N/O)c1ccccc1. The Labute approximate surface area is 211 Å². The predicted octanol–water partition coefficient (Wildman–Crippen LogP) is 3.38. The summed E-state index contributed by atoms with van der Waals surface area (Å²) in [5.41, 5.74) is 2.15. The van der Waals surface area contributed by atoms with Crippen molar-refractivity contribution in [1.82, 2.24) is 0 Å². The first kappa shape index (κ1) is 26.8. The van der Waals surface area contributed by atoms with E-state index in [0.717, 1.165) is 12.1 Å². The number of hydrogen-bond donors (Lipinski definition) is 4. The zero-order valence-electron chi connectivity index (χ0n) is 18.0. The largest absolute Gasteiger partial charge is 2.00 e. The molecule has 8 nitrogen and oxygen atoms in total. The number of hydrogen-bond acceptors (Lipinski definition) is 8. The van der Waals surface area contributed by atoms with Gasteiger partial charge in [-0.3, -0.25) is 0 Å². The van der Waals surface area contributed by atoms with Crippen LogP contribution in [-0.2, 0) is 17.1 Å². The Bertz CT molecular complexity index is 1210. The molecule has 0 bridgehead atoms. The van der Waals surface area contributed by atoms with Crippen LogP contribution in [0.25, 0.3) is 0 Å². The number of aromatic hydroxyl groups is 2. The van der Waals surface area contributed by atoms with E-state index >= 15 is 0 Å². The molecular weight excluding hydrogens is 500 g/mol. The Hall–Kier alpha value is -4.46. The molecule has 0 heterocycles. The van der Waals surface area contributed by atoms with Crippen LogP contribution in [0.1, 0.15) is 22.3 Å². The van der Waals surface area contributed by atoms with Gasteiger partial charge in [0.25, 0.3) is 0 Å². The summed E-state index contributed by atoms with van der Waals surface area (Å²) in [5, 5.41) is 66.0. The molecule has 0 fully saturated rings. The Morgan fingerprint density at radius 1 is 0.543 bits per heavy atom. The molecule has 0 aliphatic rings. The molecule has 4 N–H and O–H groups in total. The predicted molar refractivity (Wildman–Crippen MR) is 123 cm³/mol. The van der Waals surface area contributed by atoms with E-state index in [9.17, 15) is 10.2 Å². The third-order valence-electron chi connectivity index (χ3n) is 4.74. The smallest absolute Gasteiger partial charge is 0.872 e. The molecule has 0 amide bonds. The molecule has 4 aromatic carbocycles. The van der Waals surface area contributed by atoms with Gasteiger partial charge in [-0.05, 0) is 47.5 Å². The van der Waals surface area contributed by atoms with Crippen molar-refractivity contribution < 1.29 is 47.9 Å². The summed E-state index contributed by atoms with van der Waals surface area (Å²) in [5.74, 6) is -0.989. The van der Waals surface area contributed by atoms with Crippen LogP contribution in [0.2, 0.25) is 0 Å². The maximum Gasteiger partial charge on any atom is 2.00 e. The topological polar surface area (TPSA) is 152 Å². The van der Waals surface area contributed by atoms with Gasteiger partial charge < -0.3 is 30.8 Å². The summed E-state index contributed by atoms with van der Waals surface area (Å²) < 4.78 is 0. The quantitative estimate of drug-likeness (QED) is 0.140. The molecule has 0 saturated carbocycles. The molecule has 9 heteroatoms. The molecule has 0 aliphatic heterocycles. The van der Waals surface area contributed by atoms with Crippen molar-refractivity contribution in [3.05, 3.63) is 119 Å². The van der Waals surface area contributed by atoms with E-state index in [0.29, 0.717) is 11.1 Å². The average Bonchev–Trinajstić information content (AvgIpc) is 2.84. The second kappa shape index (κ2) is 12.7. The van der Waals surface area contributed by atoms with Crippen molar-refractivity contribution in [2.45, 2.75) is 0 Å². The van der Waals surface area contributed by atoms with Crippen molar-refractivity contribution in [3.8, 4) is 23.0 Å². The summed E-state index contributed by atoms with van der Waals surface area (Å²) in [6.07, 6.45) is 0. The first-order valence-electron chi connectivity index (χ1n) is 10.0. The third-order valence-corrected chi connectivity index (χ3v) is 4.74. The number of nitrogens with zero attached hydrogens (tertiary/aromatic N) is 2. The molecular formula is C26H20CuN2O6. The van der Waals surface area contributed by atoms with Crippen molar-refractivity contribution in [1.29, 1.82) is 0 Å². The second-order valence-electron chi connectivity index (χ2n) is 6.99.